The molecule has 226 valence electrons. The van der Waals surface area contributed by atoms with E-state index in [0.717, 1.165) is 27.6 Å². The van der Waals surface area contributed by atoms with Gasteiger partial charge >= 0.3 is 5.97 Å². The van der Waals surface area contributed by atoms with Gasteiger partial charge in [0.15, 0.2) is 11.5 Å². The van der Waals surface area contributed by atoms with Gasteiger partial charge in [-0.15, -0.1) is 0 Å². The molecule has 0 aliphatic carbocycles. The number of hydrogen-bond acceptors (Lipinski definition) is 8. The number of nitriles is 1. The first kappa shape index (κ1) is 29.4. The van der Waals surface area contributed by atoms with E-state index in [4.69, 9.17) is 29.1 Å². The van der Waals surface area contributed by atoms with Crippen molar-refractivity contribution in [3.05, 3.63) is 129 Å². The van der Waals surface area contributed by atoms with Gasteiger partial charge in [0.1, 0.15) is 35.3 Å². The van der Waals surface area contributed by atoms with Crippen molar-refractivity contribution >= 4 is 16.9 Å². The Bertz CT molecular complexity index is 2030. The lowest BCUT2D eigenvalue weighted by Gasteiger charge is -2.27. The van der Waals surface area contributed by atoms with Crippen molar-refractivity contribution in [1.29, 1.82) is 5.26 Å². The maximum Gasteiger partial charge on any atom is 0.379 e. The SMILES string of the molecule is COc1cc(C2C(C#N)=C(N)Oc3cc(OC(=O)c4oc5c(C)c(C)ccc5c4C)ccc32)ccc1OCc1ccc(C)cc1. The molecule has 2 N–H and O–H groups in total. The number of furan rings is 1. The molecule has 0 saturated heterocycles. The van der Waals surface area contributed by atoms with E-state index in [2.05, 4.69) is 6.07 Å². The average Bonchev–Trinajstić information content (AvgIpc) is 3.38. The molecule has 6 rings (SSSR count). The Balaban J connectivity index is 1.28. The minimum atomic E-state index is -0.625. The number of ether oxygens (including phenoxy) is 4. The summed E-state index contributed by atoms with van der Waals surface area (Å²) in [7, 11) is 1.57. The third kappa shape index (κ3) is 5.45. The molecule has 1 aliphatic rings. The van der Waals surface area contributed by atoms with Crippen LogP contribution in [0.5, 0.6) is 23.0 Å². The standard InChI is InChI=1S/C37H32N2O6/c1-20-6-9-24(10-7-20)19-42-30-15-11-25(16-32(30)41-5)33-28-14-12-26(17-31(28)44-36(39)29(33)18-38)43-37(40)35-23(4)27-13-8-21(2)22(3)34(27)45-35/h6-17,33H,19,39H2,1-5H3. The van der Waals surface area contributed by atoms with Crippen molar-refractivity contribution in [2.24, 2.45) is 5.73 Å². The maximum absolute atomic E-state index is 13.2. The zero-order chi connectivity index (χ0) is 31.8. The van der Waals surface area contributed by atoms with Crippen molar-refractivity contribution in [3.8, 4) is 29.1 Å². The highest BCUT2D eigenvalue weighted by molar-refractivity contribution is 5.98. The van der Waals surface area contributed by atoms with Gasteiger partial charge in [-0.2, -0.15) is 5.26 Å². The molecule has 1 atom stereocenters. The second-order valence-corrected chi connectivity index (χ2v) is 11.1. The van der Waals surface area contributed by atoms with Gasteiger partial charge in [0.25, 0.3) is 0 Å². The normalized spacial score (nSPS) is 14.0. The summed E-state index contributed by atoms with van der Waals surface area (Å²) in [5.74, 6) is 0.629. The molecule has 0 fully saturated rings. The summed E-state index contributed by atoms with van der Waals surface area (Å²) in [6, 6.07) is 24.8. The van der Waals surface area contributed by atoms with Crippen LogP contribution in [0.25, 0.3) is 11.0 Å². The molecule has 1 unspecified atom stereocenters. The van der Waals surface area contributed by atoms with E-state index >= 15 is 0 Å². The van der Waals surface area contributed by atoms with E-state index in [0.29, 0.717) is 40.6 Å². The van der Waals surface area contributed by atoms with Gasteiger partial charge in [-0.25, -0.2) is 4.79 Å². The number of aryl methyl sites for hydroxylation is 4. The molecule has 0 bridgehead atoms. The van der Waals surface area contributed by atoms with Crippen molar-refractivity contribution < 1.29 is 28.2 Å². The first-order valence-corrected chi connectivity index (χ1v) is 14.5. The van der Waals surface area contributed by atoms with Gasteiger partial charge in [0, 0.05) is 22.6 Å². The number of fused-ring (bicyclic) bond motifs is 2. The molecule has 8 nitrogen and oxygen atoms in total. The summed E-state index contributed by atoms with van der Waals surface area (Å²) in [5, 5.41) is 10.9. The van der Waals surface area contributed by atoms with Crippen LogP contribution >= 0.6 is 0 Å². The van der Waals surface area contributed by atoms with Crippen LogP contribution in [-0.2, 0) is 6.61 Å². The Kier molecular flexibility index (Phi) is 7.69. The van der Waals surface area contributed by atoms with Crippen LogP contribution in [-0.4, -0.2) is 13.1 Å². The fourth-order valence-corrected chi connectivity index (χ4v) is 5.54. The summed E-state index contributed by atoms with van der Waals surface area (Å²) < 4.78 is 29.3. The highest BCUT2D eigenvalue weighted by Crippen LogP contribution is 2.45. The second kappa shape index (κ2) is 11.8. The lowest BCUT2D eigenvalue weighted by molar-refractivity contribution is 0.0702. The summed E-state index contributed by atoms with van der Waals surface area (Å²) in [5.41, 5.74) is 13.6. The topological polar surface area (TPSA) is 117 Å². The van der Waals surface area contributed by atoms with Gasteiger partial charge < -0.3 is 29.1 Å². The highest BCUT2D eigenvalue weighted by atomic mass is 16.5. The third-order valence-electron chi connectivity index (χ3n) is 8.25. The van der Waals surface area contributed by atoms with Crippen molar-refractivity contribution in [2.45, 2.75) is 40.2 Å². The largest absolute Gasteiger partial charge is 0.493 e. The van der Waals surface area contributed by atoms with Gasteiger partial charge in [0.2, 0.25) is 11.6 Å². The number of nitrogens with zero attached hydrogens (tertiary/aromatic N) is 1. The van der Waals surface area contributed by atoms with Gasteiger partial charge in [-0.3, -0.25) is 0 Å². The molecule has 5 aromatic rings. The number of methoxy groups -OCH3 is 1. The number of carbonyl (C=O) groups is 1. The van der Waals surface area contributed by atoms with Crippen LogP contribution in [0.2, 0.25) is 0 Å². The highest BCUT2D eigenvalue weighted by Gasteiger charge is 2.32. The molecule has 0 saturated carbocycles. The molecule has 4 aromatic carbocycles. The number of hydrogen-bond donors (Lipinski definition) is 1. The Morgan fingerprint density at radius 1 is 0.933 bits per heavy atom. The first-order valence-electron chi connectivity index (χ1n) is 14.5. The predicted molar refractivity (Wildman–Crippen MR) is 170 cm³/mol. The first-order chi connectivity index (χ1) is 21.7. The van der Waals surface area contributed by atoms with E-state index < -0.39 is 11.9 Å². The Morgan fingerprint density at radius 3 is 2.44 bits per heavy atom. The summed E-state index contributed by atoms with van der Waals surface area (Å²) in [4.78, 5) is 13.2. The second-order valence-electron chi connectivity index (χ2n) is 11.1. The fourth-order valence-electron chi connectivity index (χ4n) is 5.54. The van der Waals surface area contributed by atoms with Crippen LogP contribution in [0.4, 0.5) is 0 Å². The third-order valence-corrected chi connectivity index (χ3v) is 8.25. The Hall–Kier alpha value is -5.68. The number of nitrogens with two attached hydrogens (primary N) is 1. The van der Waals surface area contributed by atoms with Crippen LogP contribution in [0, 0.1) is 39.0 Å². The fraction of sp³-hybridized carbons (Fsp3) is 0.189. The Labute approximate surface area is 261 Å². The number of allylic oxidation sites excluding steroid dienone is 1. The molecular formula is C37H32N2O6. The lowest BCUT2D eigenvalue weighted by atomic mass is 9.83. The molecule has 0 radical (unpaired) electrons. The summed E-state index contributed by atoms with van der Waals surface area (Å²) in [6.07, 6.45) is 0. The average molecular weight is 601 g/mol. The van der Waals surface area contributed by atoms with Crippen LogP contribution in [0.15, 0.2) is 88.7 Å². The van der Waals surface area contributed by atoms with E-state index in [1.807, 2.05) is 82.3 Å². The summed E-state index contributed by atoms with van der Waals surface area (Å²) in [6.45, 7) is 8.20. The van der Waals surface area contributed by atoms with Crippen LogP contribution in [0.1, 0.15) is 55.4 Å². The molecule has 2 heterocycles. The zero-order valence-corrected chi connectivity index (χ0v) is 25.7. The van der Waals surface area contributed by atoms with E-state index in [9.17, 15) is 10.1 Å². The predicted octanol–water partition coefficient (Wildman–Crippen LogP) is 7.69. The molecule has 1 aliphatic heterocycles. The van der Waals surface area contributed by atoms with Crippen molar-refractivity contribution in [1.82, 2.24) is 0 Å². The van der Waals surface area contributed by atoms with Crippen LogP contribution < -0.4 is 24.7 Å². The van der Waals surface area contributed by atoms with Gasteiger partial charge in [-0.05, 0) is 68.1 Å². The number of benzene rings is 4. The van der Waals surface area contributed by atoms with E-state index in [1.165, 1.54) is 5.56 Å². The maximum atomic E-state index is 13.2. The molecule has 0 amide bonds. The Morgan fingerprint density at radius 2 is 1.71 bits per heavy atom. The van der Waals surface area contributed by atoms with Crippen molar-refractivity contribution in [2.75, 3.05) is 7.11 Å². The minimum absolute atomic E-state index is 0.0314. The van der Waals surface area contributed by atoms with E-state index in [1.54, 1.807) is 25.3 Å². The molecule has 45 heavy (non-hydrogen) atoms. The lowest BCUT2D eigenvalue weighted by Crippen LogP contribution is -2.21. The quantitative estimate of drug-likeness (QED) is 0.149. The number of carbonyl (C=O) groups excluding carboxylic acids is 1. The van der Waals surface area contributed by atoms with Gasteiger partial charge in [0.05, 0.1) is 13.0 Å². The summed E-state index contributed by atoms with van der Waals surface area (Å²) >= 11 is 0. The molecular weight excluding hydrogens is 568 g/mol. The monoisotopic (exact) mass is 600 g/mol. The smallest absolute Gasteiger partial charge is 0.379 e. The zero-order valence-electron chi connectivity index (χ0n) is 25.7. The molecule has 1 aromatic heterocycles. The number of esters is 1. The van der Waals surface area contributed by atoms with Crippen molar-refractivity contribution in [3.63, 3.8) is 0 Å². The van der Waals surface area contributed by atoms with Crippen LogP contribution in [0.3, 0.4) is 0 Å². The van der Waals surface area contributed by atoms with Gasteiger partial charge in [-0.1, -0.05) is 54.1 Å². The van der Waals surface area contributed by atoms with E-state index in [-0.39, 0.29) is 23.0 Å². The molecule has 0 spiro atoms. The minimum Gasteiger partial charge on any atom is -0.493 e. The molecule has 8 heteroatoms. The number of rotatable bonds is 7.